The van der Waals surface area contributed by atoms with Gasteiger partial charge in [0.1, 0.15) is 0 Å². The average Bonchev–Trinajstić information content (AvgIpc) is 2.42. The van der Waals surface area contributed by atoms with Crippen molar-refractivity contribution < 1.29 is 9.53 Å². The molecule has 0 bridgehead atoms. The lowest BCUT2D eigenvalue weighted by atomic mass is 10.1. The number of nitrogens with two attached hydrogens (primary N) is 1. The lowest BCUT2D eigenvalue weighted by molar-refractivity contribution is -0.132. The number of nitrogens with zero attached hydrogens (tertiary/aromatic N) is 1. The third kappa shape index (κ3) is 4.85. The molecule has 4 nitrogen and oxygen atoms in total. The number of rotatable bonds is 7. The maximum atomic E-state index is 11.9. The van der Waals surface area contributed by atoms with Gasteiger partial charge in [0.25, 0.3) is 0 Å². The van der Waals surface area contributed by atoms with E-state index in [2.05, 4.69) is 12.1 Å². The summed E-state index contributed by atoms with van der Waals surface area (Å²) in [6, 6.07) is 10.1. The Balaban J connectivity index is 2.36. The number of benzene rings is 1. The summed E-state index contributed by atoms with van der Waals surface area (Å²) in [7, 11) is 3.39. The molecule has 0 aliphatic rings. The molecule has 0 radical (unpaired) electrons. The fourth-order valence-corrected chi connectivity index (χ4v) is 1.68. The number of hydrogen-bond acceptors (Lipinski definition) is 3. The second-order valence-corrected chi connectivity index (χ2v) is 4.35. The summed E-state index contributed by atoms with van der Waals surface area (Å²) in [6.07, 6.45) is 1.03. The molecule has 0 saturated carbocycles. The third-order valence-electron chi connectivity index (χ3n) is 3.00. The maximum Gasteiger partial charge on any atom is 0.224 e. The fraction of sp³-hybridized carbons (Fsp3) is 0.500. The molecule has 1 unspecified atom stereocenters. The van der Waals surface area contributed by atoms with Gasteiger partial charge >= 0.3 is 0 Å². The molecule has 0 aliphatic heterocycles. The van der Waals surface area contributed by atoms with Gasteiger partial charge in [0.15, 0.2) is 0 Å². The Hall–Kier alpha value is -1.39. The van der Waals surface area contributed by atoms with Gasteiger partial charge in [0.05, 0.1) is 12.5 Å². The van der Waals surface area contributed by atoms with Gasteiger partial charge in [-0.2, -0.15) is 0 Å². The van der Waals surface area contributed by atoms with Gasteiger partial charge < -0.3 is 15.4 Å². The number of likely N-dealkylation sites (N-methyl/N-ethyl adjacent to an activating group) is 1. The first kappa shape index (κ1) is 14.7. The van der Waals surface area contributed by atoms with Crippen LogP contribution in [0.2, 0.25) is 0 Å². The molecule has 0 fully saturated rings. The zero-order chi connectivity index (χ0) is 13.4. The summed E-state index contributed by atoms with van der Waals surface area (Å²) in [5, 5.41) is 0. The molecule has 1 atom stereocenters. The molecule has 1 rings (SSSR count). The largest absolute Gasteiger partial charge is 0.380 e. The van der Waals surface area contributed by atoms with Crippen LogP contribution >= 0.6 is 0 Å². The van der Waals surface area contributed by atoms with Gasteiger partial charge in [-0.3, -0.25) is 4.79 Å². The Morgan fingerprint density at radius 2 is 2.06 bits per heavy atom. The topological polar surface area (TPSA) is 55.6 Å². The van der Waals surface area contributed by atoms with E-state index in [1.807, 2.05) is 25.2 Å². The van der Waals surface area contributed by atoms with E-state index >= 15 is 0 Å². The van der Waals surface area contributed by atoms with E-state index in [-0.39, 0.29) is 12.0 Å². The van der Waals surface area contributed by atoms with E-state index in [0.717, 1.165) is 6.42 Å². The van der Waals surface area contributed by atoms with Crippen molar-refractivity contribution in [3.8, 4) is 0 Å². The van der Waals surface area contributed by atoms with Crippen molar-refractivity contribution >= 4 is 5.91 Å². The highest BCUT2D eigenvalue weighted by Crippen LogP contribution is 2.03. The zero-order valence-electron chi connectivity index (χ0n) is 11.1. The Morgan fingerprint density at radius 3 is 2.61 bits per heavy atom. The molecule has 0 aliphatic carbocycles. The lowest BCUT2D eigenvalue weighted by Gasteiger charge is -2.20. The number of methoxy groups -OCH3 is 1. The van der Waals surface area contributed by atoms with Crippen molar-refractivity contribution in [2.75, 3.05) is 27.2 Å². The van der Waals surface area contributed by atoms with Crippen LogP contribution in [0.3, 0.4) is 0 Å². The highest BCUT2D eigenvalue weighted by Gasteiger charge is 2.14. The zero-order valence-corrected chi connectivity index (χ0v) is 11.1. The second kappa shape index (κ2) is 7.84. The minimum absolute atomic E-state index is 0.0724. The highest BCUT2D eigenvalue weighted by atomic mass is 16.5. The van der Waals surface area contributed by atoms with Crippen LogP contribution < -0.4 is 5.73 Å². The normalized spacial score (nSPS) is 12.2. The standard InChI is InChI=1S/C14H22N2O2/c1-16(14(17)10-13(11-15)18-2)9-8-12-6-4-3-5-7-12/h3-7,13H,8-11,15H2,1-2H3. The molecule has 18 heavy (non-hydrogen) atoms. The molecular weight excluding hydrogens is 228 g/mol. The minimum Gasteiger partial charge on any atom is -0.380 e. The van der Waals surface area contributed by atoms with E-state index in [1.54, 1.807) is 12.0 Å². The van der Waals surface area contributed by atoms with Gasteiger partial charge in [-0.1, -0.05) is 30.3 Å². The predicted molar refractivity (Wildman–Crippen MR) is 72.3 cm³/mol. The second-order valence-electron chi connectivity index (χ2n) is 4.35. The van der Waals surface area contributed by atoms with Gasteiger partial charge in [0, 0.05) is 27.2 Å². The van der Waals surface area contributed by atoms with Crippen LogP contribution in [0.25, 0.3) is 0 Å². The van der Waals surface area contributed by atoms with Crippen LogP contribution in [0, 0.1) is 0 Å². The molecule has 0 heterocycles. The molecule has 1 amide bonds. The van der Waals surface area contributed by atoms with Crippen molar-refractivity contribution in [2.24, 2.45) is 5.73 Å². The molecule has 100 valence electrons. The number of amides is 1. The number of hydrogen-bond donors (Lipinski definition) is 1. The first-order chi connectivity index (χ1) is 8.67. The van der Waals surface area contributed by atoms with E-state index in [1.165, 1.54) is 5.56 Å². The van der Waals surface area contributed by atoms with Crippen molar-refractivity contribution in [1.29, 1.82) is 0 Å². The van der Waals surface area contributed by atoms with Crippen LogP contribution in [0.1, 0.15) is 12.0 Å². The highest BCUT2D eigenvalue weighted by molar-refractivity contribution is 5.76. The summed E-state index contributed by atoms with van der Waals surface area (Å²) in [5.74, 6) is 0.0724. The number of carbonyl (C=O) groups is 1. The molecule has 0 spiro atoms. The van der Waals surface area contributed by atoms with Crippen molar-refractivity contribution in [3.63, 3.8) is 0 Å². The Kier molecular flexibility index (Phi) is 6.39. The lowest BCUT2D eigenvalue weighted by Crippen LogP contribution is -2.34. The summed E-state index contributed by atoms with van der Waals surface area (Å²) in [4.78, 5) is 13.6. The summed E-state index contributed by atoms with van der Waals surface area (Å²) in [5.41, 5.74) is 6.74. The van der Waals surface area contributed by atoms with E-state index in [0.29, 0.717) is 19.5 Å². The first-order valence-electron chi connectivity index (χ1n) is 6.18. The van der Waals surface area contributed by atoms with E-state index in [9.17, 15) is 4.79 Å². The van der Waals surface area contributed by atoms with Crippen molar-refractivity contribution in [1.82, 2.24) is 4.90 Å². The third-order valence-corrected chi connectivity index (χ3v) is 3.00. The van der Waals surface area contributed by atoms with Crippen molar-refractivity contribution in [2.45, 2.75) is 18.9 Å². The molecule has 2 N–H and O–H groups in total. The quantitative estimate of drug-likeness (QED) is 0.787. The van der Waals surface area contributed by atoms with Crippen LogP contribution in [0.5, 0.6) is 0 Å². The molecular formula is C14H22N2O2. The first-order valence-corrected chi connectivity index (χ1v) is 6.18. The SMILES string of the molecule is COC(CN)CC(=O)N(C)CCc1ccccc1. The number of carbonyl (C=O) groups excluding carboxylic acids is 1. The van der Waals surface area contributed by atoms with Crippen LogP contribution in [0.4, 0.5) is 0 Å². The molecule has 1 aromatic carbocycles. The predicted octanol–water partition coefficient (Wildman–Crippen LogP) is 1.05. The van der Waals surface area contributed by atoms with Gasteiger partial charge in [0.2, 0.25) is 5.91 Å². The monoisotopic (exact) mass is 250 g/mol. The minimum atomic E-state index is -0.184. The average molecular weight is 250 g/mol. The van der Waals surface area contributed by atoms with Crippen LogP contribution in [-0.2, 0) is 16.0 Å². The molecule has 1 aromatic rings. The smallest absolute Gasteiger partial charge is 0.224 e. The summed E-state index contributed by atoms with van der Waals surface area (Å²) in [6.45, 7) is 1.08. The summed E-state index contributed by atoms with van der Waals surface area (Å²) >= 11 is 0. The van der Waals surface area contributed by atoms with Gasteiger partial charge in [-0.25, -0.2) is 0 Å². The molecule has 0 saturated heterocycles. The van der Waals surface area contributed by atoms with Crippen LogP contribution in [0.15, 0.2) is 30.3 Å². The van der Waals surface area contributed by atoms with Gasteiger partial charge in [-0.15, -0.1) is 0 Å². The Bertz CT molecular complexity index is 350. The van der Waals surface area contributed by atoms with Crippen LogP contribution in [-0.4, -0.2) is 44.2 Å². The van der Waals surface area contributed by atoms with E-state index in [4.69, 9.17) is 10.5 Å². The van der Waals surface area contributed by atoms with Crippen molar-refractivity contribution in [3.05, 3.63) is 35.9 Å². The Morgan fingerprint density at radius 1 is 1.39 bits per heavy atom. The maximum absolute atomic E-state index is 11.9. The van der Waals surface area contributed by atoms with E-state index < -0.39 is 0 Å². The fourth-order valence-electron chi connectivity index (χ4n) is 1.68. The molecule has 4 heteroatoms. The van der Waals surface area contributed by atoms with Gasteiger partial charge in [-0.05, 0) is 12.0 Å². The molecule has 0 aromatic heterocycles. The summed E-state index contributed by atoms with van der Waals surface area (Å²) < 4.78 is 5.11. The number of ether oxygens (including phenoxy) is 1. The Labute approximate surface area is 109 Å².